The van der Waals surface area contributed by atoms with Crippen molar-refractivity contribution in [2.45, 2.75) is 37.8 Å². The highest BCUT2D eigenvalue weighted by molar-refractivity contribution is 7.84. The van der Waals surface area contributed by atoms with Crippen LogP contribution >= 0.6 is 0 Å². The average Bonchev–Trinajstić information content (AvgIpc) is 2.67. The fourth-order valence-electron chi connectivity index (χ4n) is 2.67. The lowest BCUT2D eigenvalue weighted by Gasteiger charge is -2.41. The summed E-state index contributed by atoms with van der Waals surface area (Å²) in [7, 11) is -1.16. The standard InChI is InChI=1S/C12H16N4OS/c1-12(2)4-8(5-12)10-13-6-9-7-14-11(18(3)17)15-16(9)10/h6-8H,4-5H2,1-3H3. The topological polar surface area (TPSA) is 60.2 Å². The summed E-state index contributed by atoms with van der Waals surface area (Å²) >= 11 is 0. The molecule has 1 aliphatic rings. The van der Waals surface area contributed by atoms with E-state index in [4.69, 9.17) is 0 Å². The minimum Gasteiger partial charge on any atom is -0.251 e. The molecule has 3 rings (SSSR count). The van der Waals surface area contributed by atoms with Crippen LogP contribution in [-0.2, 0) is 10.8 Å². The molecule has 1 atom stereocenters. The Morgan fingerprint density at radius 1 is 1.33 bits per heavy atom. The second kappa shape index (κ2) is 3.85. The third-order valence-corrected chi connectivity index (χ3v) is 4.20. The Labute approximate surface area is 108 Å². The molecular weight excluding hydrogens is 248 g/mol. The summed E-state index contributed by atoms with van der Waals surface area (Å²) < 4.78 is 13.2. The third kappa shape index (κ3) is 1.84. The van der Waals surface area contributed by atoms with E-state index in [1.807, 2.05) is 0 Å². The molecule has 0 amide bonds. The van der Waals surface area contributed by atoms with Crippen molar-refractivity contribution in [2.24, 2.45) is 5.41 Å². The van der Waals surface area contributed by atoms with Crippen LogP contribution in [0.15, 0.2) is 17.6 Å². The highest BCUT2D eigenvalue weighted by atomic mass is 32.2. The average molecular weight is 264 g/mol. The fraction of sp³-hybridized carbons (Fsp3) is 0.583. The van der Waals surface area contributed by atoms with E-state index in [9.17, 15) is 4.21 Å². The van der Waals surface area contributed by atoms with Crippen LogP contribution in [0.5, 0.6) is 0 Å². The molecule has 1 unspecified atom stereocenters. The Balaban J connectivity index is 2.03. The number of hydrogen-bond donors (Lipinski definition) is 0. The zero-order chi connectivity index (χ0) is 12.9. The van der Waals surface area contributed by atoms with Gasteiger partial charge in [-0.2, -0.15) is 0 Å². The molecule has 0 spiro atoms. The molecule has 18 heavy (non-hydrogen) atoms. The molecule has 0 saturated heterocycles. The van der Waals surface area contributed by atoms with E-state index in [-0.39, 0.29) is 0 Å². The fourth-order valence-corrected chi connectivity index (χ4v) is 3.07. The van der Waals surface area contributed by atoms with Crippen molar-refractivity contribution in [3.63, 3.8) is 0 Å². The van der Waals surface area contributed by atoms with E-state index in [0.29, 0.717) is 16.5 Å². The van der Waals surface area contributed by atoms with E-state index in [1.165, 1.54) is 0 Å². The van der Waals surface area contributed by atoms with Crippen molar-refractivity contribution in [3.05, 3.63) is 18.2 Å². The van der Waals surface area contributed by atoms with Gasteiger partial charge in [-0.25, -0.2) is 14.5 Å². The minimum atomic E-state index is -1.16. The van der Waals surface area contributed by atoms with Crippen LogP contribution in [0.2, 0.25) is 0 Å². The quantitative estimate of drug-likeness (QED) is 0.829. The van der Waals surface area contributed by atoms with Crippen molar-refractivity contribution in [2.75, 3.05) is 6.26 Å². The van der Waals surface area contributed by atoms with Crippen molar-refractivity contribution in [1.82, 2.24) is 19.6 Å². The van der Waals surface area contributed by atoms with Crippen molar-refractivity contribution in [3.8, 4) is 0 Å². The van der Waals surface area contributed by atoms with Gasteiger partial charge in [0.1, 0.15) is 11.3 Å². The number of nitrogens with zero attached hydrogens (tertiary/aromatic N) is 4. The lowest BCUT2D eigenvalue weighted by Crippen LogP contribution is -2.31. The number of aromatic nitrogens is 4. The summed E-state index contributed by atoms with van der Waals surface area (Å²) in [5, 5.41) is 4.69. The van der Waals surface area contributed by atoms with Crippen LogP contribution < -0.4 is 0 Å². The lowest BCUT2D eigenvalue weighted by molar-refractivity contribution is 0.144. The van der Waals surface area contributed by atoms with Crippen LogP contribution in [0.25, 0.3) is 5.52 Å². The molecule has 96 valence electrons. The molecule has 2 aromatic heterocycles. The molecule has 0 aliphatic heterocycles. The Bertz CT molecular complexity index is 626. The maximum absolute atomic E-state index is 11.4. The highest BCUT2D eigenvalue weighted by Gasteiger charge is 2.39. The van der Waals surface area contributed by atoms with E-state index in [1.54, 1.807) is 23.2 Å². The normalized spacial score (nSPS) is 20.8. The maximum atomic E-state index is 11.4. The first-order chi connectivity index (χ1) is 8.46. The molecule has 0 N–H and O–H groups in total. The Morgan fingerprint density at radius 3 is 2.61 bits per heavy atom. The van der Waals surface area contributed by atoms with Gasteiger partial charge in [0.05, 0.1) is 23.2 Å². The Hall–Kier alpha value is -1.30. The van der Waals surface area contributed by atoms with Gasteiger partial charge in [0, 0.05) is 12.2 Å². The van der Waals surface area contributed by atoms with Crippen LogP contribution in [0.3, 0.4) is 0 Å². The van der Waals surface area contributed by atoms with Crippen LogP contribution in [0, 0.1) is 5.41 Å². The molecule has 0 radical (unpaired) electrons. The zero-order valence-electron chi connectivity index (χ0n) is 10.8. The van der Waals surface area contributed by atoms with Gasteiger partial charge in [0.25, 0.3) is 0 Å². The monoisotopic (exact) mass is 264 g/mol. The van der Waals surface area contributed by atoms with Gasteiger partial charge in [-0.15, -0.1) is 5.10 Å². The van der Waals surface area contributed by atoms with E-state index in [2.05, 4.69) is 28.9 Å². The van der Waals surface area contributed by atoms with Gasteiger partial charge in [-0.1, -0.05) is 13.8 Å². The summed E-state index contributed by atoms with van der Waals surface area (Å²) in [5.41, 5.74) is 1.27. The van der Waals surface area contributed by atoms with Gasteiger partial charge in [-0.3, -0.25) is 4.21 Å². The molecule has 6 heteroatoms. The minimum absolute atomic E-state index is 0.361. The Morgan fingerprint density at radius 2 is 2.00 bits per heavy atom. The predicted octanol–water partition coefficient (Wildman–Crippen LogP) is 1.77. The summed E-state index contributed by atoms with van der Waals surface area (Å²) in [5.74, 6) is 1.42. The number of hydrogen-bond acceptors (Lipinski definition) is 4. The van der Waals surface area contributed by atoms with Crippen LogP contribution in [-0.4, -0.2) is 30.0 Å². The smallest absolute Gasteiger partial charge is 0.237 e. The predicted molar refractivity (Wildman–Crippen MR) is 68.9 cm³/mol. The Kier molecular flexibility index (Phi) is 2.52. The third-order valence-electron chi connectivity index (χ3n) is 3.50. The molecule has 1 fully saturated rings. The van der Waals surface area contributed by atoms with Gasteiger partial charge in [0.15, 0.2) is 0 Å². The molecule has 2 heterocycles. The zero-order valence-corrected chi connectivity index (χ0v) is 11.6. The molecule has 0 aromatic carbocycles. The second-order valence-corrected chi connectivity index (χ2v) is 6.99. The van der Waals surface area contributed by atoms with Gasteiger partial charge < -0.3 is 0 Å². The SMILES string of the molecule is CS(=O)c1ncc2cnc(C3CC(C)(C)C3)n2n1. The molecule has 5 nitrogen and oxygen atoms in total. The summed E-state index contributed by atoms with van der Waals surface area (Å²) in [6, 6.07) is 0. The highest BCUT2D eigenvalue weighted by Crippen LogP contribution is 2.49. The lowest BCUT2D eigenvalue weighted by atomic mass is 9.64. The van der Waals surface area contributed by atoms with Crippen LogP contribution in [0.4, 0.5) is 0 Å². The van der Waals surface area contributed by atoms with E-state index < -0.39 is 10.8 Å². The van der Waals surface area contributed by atoms with Gasteiger partial charge >= 0.3 is 0 Å². The number of fused-ring (bicyclic) bond motifs is 1. The summed E-state index contributed by atoms with van der Waals surface area (Å²) in [4.78, 5) is 8.52. The molecule has 0 bridgehead atoms. The second-order valence-electron chi connectivity index (χ2n) is 5.72. The van der Waals surface area contributed by atoms with Crippen LogP contribution in [0.1, 0.15) is 38.4 Å². The largest absolute Gasteiger partial charge is 0.251 e. The first-order valence-corrected chi connectivity index (χ1v) is 7.56. The molecule has 1 saturated carbocycles. The van der Waals surface area contributed by atoms with Gasteiger partial charge in [0.2, 0.25) is 5.16 Å². The first kappa shape index (κ1) is 11.8. The summed E-state index contributed by atoms with van der Waals surface area (Å²) in [6.07, 6.45) is 7.30. The molecule has 2 aromatic rings. The van der Waals surface area contributed by atoms with Crippen molar-refractivity contribution in [1.29, 1.82) is 0 Å². The van der Waals surface area contributed by atoms with E-state index >= 15 is 0 Å². The van der Waals surface area contributed by atoms with E-state index in [0.717, 1.165) is 24.2 Å². The molecular formula is C12H16N4OS. The number of rotatable bonds is 2. The van der Waals surface area contributed by atoms with Crippen molar-refractivity contribution < 1.29 is 4.21 Å². The van der Waals surface area contributed by atoms with Gasteiger partial charge in [-0.05, 0) is 18.3 Å². The summed E-state index contributed by atoms with van der Waals surface area (Å²) in [6.45, 7) is 4.53. The maximum Gasteiger partial charge on any atom is 0.237 e. The molecule has 1 aliphatic carbocycles. The number of imidazole rings is 1. The van der Waals surface area contributed by atoms with Crippen molar-refractivity contribution >= 4 is 16.3 Å². The first-order valence-electron chi connectivity index (χ1n) is 6.00.